The lowest BCUT2D eigenvalue weighted by Gasteiger charge is -2.21. The quantitative estimate of drug-likeness (QED) is 0.728. The Hall–Kier alpha value is -2.61. The topological polar surface area (TPSA) is 74.8 Å². The number of nitrogens with zero attached hydrogens (tertiary/aromatic N) is 5. The number of aromatic nitrogens is 5. The molecule has 0 spiro atoms. The fourth-order valence-corrected chi connectivity index (χ4v) is 2.93. The molecule has 3 aromatic rings. The zero-order valence-electron chi connectivity index (χ0n) is 12.9. The summed E-state index contributed by atoms with van der Waals surface area (Å²) in [6.45, 7) is 1.46. The van der Waals surface area contributed by atoms with Gasteiger partial charge in [-0.05, 0) is 18.9 Å². The highest BCUT2D eigenvalue weighted by atomic mass is 19.1. The molecule has 1 aliphatic rings. The number of benzene rings is 1. The summed E-state index contributed by atoms with van der Waals surface area (Å²) in [5.41, 5.74) is 0.912. The minimum absolute atomic E-state index is 0.0140. The SMILES string of the molecule is O=c1c2nn(Cc3ccccc3F)cc2nnn1C1CCOCC1. The predicted molar refractivity (Wildman–Crippen MR) is 84.2 cm³/mol. The molecule has 3 heterocycles. The molecule has 0 saturated carbocycles. The van der Waals surface area contributed by atoms with Crippen LogP contribution >= 0.6 is 0 Å². The van der Waals surface area contributed by atoms with Gasteiger partial charge in [-0.3, -0.25) is 9.48 Å². The van der Waals surface area contributed by atoms with Crippen molar-refractivity contribution in [2.45, 2.75) is 25.4 Å². The number of ether oxygens (including phenoxy) is 1. The molecule has 0 N–H and O–H groups in total. The van der Waals surface area contributed by atoms with Crippen LogP contribution in [0.5, 0.6) is 0 Å². The second-order valence-electron chi connectivity index (χ2n) is 5.83. The fourth-order valence-electron chi connectivity index (χ4n) is 2.93. The average molecular weight is 329 g/mol. The summed E-state index contributed by atoms with van der Waals surface area (Å²) in [6.07, 6.45) is 3.08. The minimum atomic E-state index is -0.303. The summed E-state index contributed by atoms with van der Waals surface area (Å²) in [4.78, 5) is 12.6. The van der Waals surface area contributed by atoms with Gasteiger partial charge in [0.1, 0.15) is 11.3 Å². The van der Waals surface area contributed by atoms with Crippen molar-refractivity contribution in [3.05, 3.63) is 52.2 Å². The number of halogens is 1. The van der Waals surface area contributed by atoms with Crippen molar-refractivity contribution in [3.8, 4) is 0 Å². The van der Waals surface area contributed by atoms with E-state index in [0.29, 0.717) is 24.3 Å². The lowest BCUT2D eigenvalue weighted by Crippen LogP contribution is -2.32. The Morgan fingerprint density at radius 3 is 2.83 bits per heavy atom. The van der Waals surface area contributed by atoms with Crippen molar-refractivity contribution < 1.29 is 9.13 Å². The van der Waals surface area contributed by atoms with Crippen molar-refractivity contribution in [2.75, 3.05) is 13.2 Å². The highest BCUT2D eigenvalue weighted by molar-refractivity contribution is 5.71. The Labute approximate surface area is 136 Å². The van der Waals surface area contributed by atoms with E-state index in [4.69, 9.17) is 4.74 Å². The van der Waals surface area contributed by atoms with Gasteiger partial charge in [0.15, 0.2) is 5.52 Å². The maximum Gasteiger partial charge on any atom is 0.298 e. The zero-order chi connectivity index (χ0) is 16.5. The van der Waals surface area contributed by atoms with E-state index < -0.39 is 0 Å². The predicted octanol–water partition coefficient (Wildman–Crippen LogP) is 1.53. The second kappa shape index (κ2) is 6.12. The van der Waals surface area contributed by atoms with Crippen LogP contribution in [0.1, 0.15) is 24.4 Å². The van der Waals surface area contributed by atoms with E-state index in [1.807, 2.05) is 0 Å². The Morgan fingerprint density at radius 2 is 2.04 bits per heavy atom. The standard InChI is InChI=1S/C16H16FN5O2/c17-13-4-2-1-3-11(13)9-21-10-14-15(19-21)16(23)22(20-18-14)12-5-7-24-8-6-12/h1-4,10,12H,5-9H2. The van der Waals surface area contributed by atoms with Crippen molar-refractivity contribution in [3.63, 3.8) is 0 Å². The molecule has 0 aliphatic carbocycles. The zero-order valence-corrected chi connectivity index (χ0v) is 12.9. The Bertz CT molecular complexity index is 930. The van der Waals surface area contributed by atoms with Gasteiger partial charge in [0.2, 0.25) is 0 Å². The van der Waals surface area contributed by atoms with E-state index in [-0.39, 0.29) is 29.5 Å². The normalized spacial score (nSPS) is 15.9. The fraction of sp³-hybridized carbons (Fsp3) is 0.375. The highest BCUT2D eigenvalue weighted by Gasteiger charge is 2.20. The molecular formula is C16H16FN5O2. The molecule has 7 nitrogen and oxygen atoms in total. The van der Waals surface area contributed by atoms with Gasteiger partial charge in [-0.25, -0.2) is 9.07 Å². The van der Waals surface area contributed by atoms with E-state index in [0.717, 1.165) is 12.8 Å². The average Bonchev–Trinajstić information content (AvgIpc) is 3.02. The van der Waals surface area contributed by atoms with E-state index in [2.05, 4.69) is 15.4 Å². The maximum absolute atomic E-state index is 13.8. The van der Waals surface area contributed by atoms with Gasteiger partial charge < -0.3 is 4.74 Å². The smallest absolute Gasteiger partial charge is 0.298 e. The summed E-state index contributed by atoms with van der Waals surface area (Å²) in [6, 6.07) is 6.47. The van der Waals surface area contributed by atoms with Crippen molar-refractivity contribution in [1.82, 2.24) is 24.8 Å². The monoisotopic (exact) mass is 329 g/mol. The van der Waals surface area contributed by atoms with Crippen LogP contribution in [0, 0.1) is 5.82 Å². The molecule has 124 valence electrons. The summed E-state index contributed by atoms with van der Waals surface area (Å²) in [5.74, 6) is -0.303. The number of fused-ring (bicyclic) bond motifs is 1. The van der Waals surface area contributed by atoms with Crippen LogP contribution in [0.2, 0.25) is 0 Å². The van der Waals surface area contributed by atoms with E-state index in [1.165, 1.54) is 15.4 Å². The second-order valence-corrected chi connectivity index (χ2v) is 5.83. The van der Waals surface area contributed by atoms with Crippen LogP contribution in [0.4, 0.5) is 4.39 Å². The third-order valence-corrected chi connectivity index (χ3v) is 4.23. The Balaban J connectivity index is 1.69. The van der Waals surface area contributed by atoms with Gasteiger partial charge in [0, 0.05) is 18.8 Å². The molecule has 1 aliphatic heterocycles. The lowest BCUT2D eigenvalue weighted by molar-refractivity contribution is 0.0641. The van der Waals surface area contributed by atoms with Crippen LogP contribution in [0.25, 0.3) is 11.0 Å². The molecule has 1 aromatic carbocycles. The number of rotatable bonds is 3. The minimum Gasteiger partial charge on any atom is -0.381 e. The molecule has 2 aromatic heterocycles. The molecule has 24 heavy (non-hydrogen) atoms. The van der Waals surface area contributed by atoms with E-state index in [9.17, 15) is 9.18 Å². The van der Waals surface area contributed by atoms with Crippen LogP contribution in [-0.4, -0.2) is 38.0 Å². The first-order valence-corrected chi connectivity index (χ1v) is 7.86. The number of hydrogen-bond acceptors (Lipinski definition) is 5. The summed E-state index contributed by atoms with van der Waals surface area (Å²) >= 11 is 0. The summed E-state index contributed by atoms with van der Waals surface area (Å²) in [7, 11) is 0. The first-order chi connectivity index (χ1) is 11.7. The first-order valence-electron chi connectivity index (χ1n) is 7.86. The van der Waals surface area contributed by atoms with Crippen LogP contribution in [-0.2, 0) is 11.3 Å². The third kappa shape index (κ3) is 2.69. The largest absolute Gasteiger partial charge is 0.381 e. The van der Waals surface area contributed by atoms with Crippen molar-refractivity contribution >= 4 is 11.0 Å². The van der Waals surface area contributed by atoms with E-state index >= 15 is 0 Å². The maximum atomic E-state index is 13.8. The first kappa shape index (κ1) is 14.9. The summed E-state index contributed by atoms with van der Waals surface area (Å²) in [5, 5.41) is 12.4. The molecule has 0 radical (unpaired) electrons. The molecule has 4 rings (SSSR count). The third-order valence-electron chi connectivity index (χ3n) is 4.23. The van der Waals surface area contributed by atoms with Gasteiger partial charge in [0.05, 0.1) is 18.8 Å². The summed E-state index contributed by atoms with van der Waals surface area (Å²) < 4.78 is 22.0. The van der Waals surface area contributed by atoms with Crippen molar-refractivity contribution in [2.24, 2.45) is 0 Å². The van der Waals surface area contributed by atoms with Crippen molar-refractivity contribution in [1.29, 1.82) is 0 Å². The molecule has 0 bridgehead atoms. The molecule has 1 saturated heterocycles. The molecule has 0 unspecified atom stereocenters. The van der Waals surface area contributed by atoms with Gasteiger partial charge in [-0.15, -0.1) is 5.10 Å². The highest BCUT2D eigenvalue weighted by Crippen LogP contribution is 2.18. The van der Waals surface area contributed by atoms with Gasteiger partial charge in [-0.2, -0.15) is 5.10 Å². The van der Waals surface area contributed by atoms with Crippen LogP contribution < -0.4 is 5.56 Å². The van der Waals surface area contributed by atoms with Crippen LogP contribution in [0.3, 0.4) is 0 Å². The Morgan fingerprint density at radius 1 is 1.25 bits per heavy atom. The van der Waals surface area contributed by atoms with Gasteiger partial charge >= 0.3 is 0 Å². The number of hydrogen-bond donors (Lipinski definition) is 0. The van der Waals surface area contributed by atoms with Gasteiger partial charge in [-0.1, -0.05) is 23.4 Å². The lowest BCUT2D eigenvalue weighted by atomic mass is 10.1. The molecule has 0 atom stereocenters. The molecule has 0 amide bonds. The Kier molecular flexibility index (Phi) is 3.81. The van der Waals surface area contributed by atoms with Crippen LogP contribution in [0.15, 0.2) is 35.3 Å². The molecular weight excluding hydrogens is 313 g/mol. The van der Waals surface area contributed by atoms with Gasteiger partial charge in [0.25, 0.3) is 5.56 Å². The van der Waals surface area contributed by atoms with E-state index in [1.54, 1.807) is 24.4 Å². The molecule has 8 heteroatoms. The molecule has 1 fully saturated rings.